The van der Waals surface area contributed by atoms with Crippen molar-refractivity contribution in [1.29, 1.82) is 0 Å². The van der Waals surface area contributed by atoms with Crippen molar-refractivity contribution in [3.8, 4) is 0 Å². The highest BCUT2D eigenvalue weighted by Gasteiger charge is 2.22. The quantitative estimate of drug-likeness (QED) is 0.863. The van der Waals surface area contributed by atoms with Gasteiger partial charge in [0.05, 0.1) is 0 Å². The summed E-state index contributed by atoms with van der Waals surface area (Å²) in [6, 6.07) is 11.2. The van der Waals surface area contributed by atoms with Gasteiger partial charge in [-0.3, -0.25) is 4.90 Å². The Hall–Kier alpha value is -0.860. The Labute approximate surface area is 105 Å². The molecular weight excluding hydrogens is 208 g/mol. The van der Waals surface area contributed by atoms with Crippen LogP contribution in [0.15, 0.2) is 30.3 Å². The van der Waals surface area contributed by atoms with E-state index in [9.17, 15) is 0 Å². The molecule has 1 saturated heterocycles. The van der Waals surface area contributed by atoms with Gasteiger partial charge in [0, 0.05) is 12.6 Å². The summed E-state index contributed by atoms with van der Waals surface area (Å²) in [5.41, 5.74) is 7.35. The fourth-order valence-electron chi connectivity index (χ4n) is 2.64. The molecule has 1 aliphatic heterocycles. The van der Waals surface area contributed by atoms with Gasteiger partial charge < -0.3 is 5.73 Å². The van der Waals surface area contributed by atoms with Gasteiger partial charge in [-0.05, 0) is 43.8 Å². The first-order chi connectivity index (χ1) is 8.29. The Kier molecular flexibility index (Phi) is 4.57. The van der Waals surface area contributed by atoms with Crippen molar-refractivity contribution in [3.05, 3.63) is 35.9 Å². The molecule has 1 heterocycles. The fraction of sp³-hybridized carbons (Fsp3) is 0.600. The molecule has 94 valence electrons. The molecule has 1 aromatic carbocycles. The second kappa shape index (κ2) is 6.18. The summed E-state index contributed by atoms with van der Waals surface area (Å²) < 4.78 is 0. The predicted molar refractivity (Wildman–Crippen MR) is 73.0 cm³/mol. The Morgan fingerprint density at radius 2 is 1.88 bits per heavy atom. The average molecular weight is 232 g/mol. The minimum Gasteiger partial charge on any atom is -0.329 e. The third-order valence-corrected chi connectivity index (χ3v) is 3.92. The van der Waals surface area contributed by atoms with Crippen molar-refractivity contribution in [2.75, 3.05) is 19.6 Å². The topological polar surface area (TPSA) is 29.3 Å². The van der Waals surface area contributed by atoms with E-state index in [1.54, 1.807) is 0 Å². The van der Waals surface area contributed by atoms with Crippen molar-refractivity contribution in [2.45, 2.75) is 32.2 Å². The number of rotatable bonds is 4. The zero-order valence-corrected chi connectivity index (χ0v) is 10.8. The Morgan fingerprint density at radius 1 is 1.24 bits per heavy atom. The second-order valence-electron chi connectivity index (χ2n) is 5.30. The molecule has 0 bridgehead atoms. The van der Waals surface area contributed by atoms with Gasteiger partial charge in [0.25, 0.3) is 0 Å². The molecule has 17 heavy (non-hydrogen) atoms. The molecule has 1 aromatic rings. The summed E-state index contributed by atoms with van der Waals surface area (Å²) in [6.45, 7) is 5.56. The molecule has 1 fully saturated rings. The first kappa shape index (κ1) is 12.6. The number of benzene rings is 1. The van der Waals surface area contributed by atoms with Gasteiger partial charge in [-0.15, -0.1) is 0 Å². The van der Waals surface area contributed by atoms with Crippen molar-refractivity contribution >= 4 is 0 Å². The molecule has 1 unspecified atom stereocenters. The van der Waals surface area contributed by atoms with Crippen LogP contribution in [0.1, 0.15) is 25.3 Å². The fourth-order valence-corrected chi connectivity index (χ4v) is 2.64. The molecule has 0 aromatic heterocycles. The Morgan fingerprint density at radius 3 is 2.47 bits per heavy atom. The monoisotopic (exact) mass is 232 g/mol. The molecule has 1 aliphatic rings. The molecule has 2 rings (SSSR count). The van der Waals surface area contributed by atoms with E-state index in [-0.39, 0.29) is 0 Å². The van der Waals surface area contributed by atoms with E-state index in [1.165, 1.54) is 31.5 Å². The lowest BCUT2D eigenvalue weighted by Crippen LogP contribution is -2.46. The zero-order valence-electron chi connectivity index (χ0n) is 10.8. The minimum absolute atomic E-state index is 0.518. The van der Waals surface area contributed by atoms with Crippen LogP contribution in [0.25, 0.3) is 0 Å². The molecule has 0 amide bonds. The molecule has 0 saturated carbocycles. The molecule has 0 spiro atoms. The summed E-state index contributed by atoms with van der Waals surface area (Å²) in [7, 11) is 0. The van der Waals surface area contributed by atoms with Crippen LogP contribution in [-0.2, 0) is 6.42 Å². The van der Waals surface area contributed by atoms with Gasteiger partial charge in [0.15, 0.2) is 0 Å². The van der Waals surface area contributed by atoms with E-state index in [1.807, 2.05) is 0 Å². The number of hydrogen-bond acceptors (Lipinski definition) is 2. The highest BCUT2D eigenvalue weighted by molar-refractivity contribution is 5.16. The van der Waals surface area contributed by atoms with Crippen LogP contribution in [0.4, 0.5) is 0 Å². The summed E-state index contributed by atoms with van der Waals surface area (Å²) >= 11 is 0. The molecular formula is C15H24N2. The van der Waals surface area contributed by atoms with Crippen molar-refractivity contribution < 1.29 is 0 Å². The van der Waals surface area contributed by atoms with E-state index < -0.39 is 0 Å². The summed E-state index contributed by atoms with van der Waals surface area (Å²) in [6.07, 6.45) is 3.74. The van der Waals surface area contributed by atoms with E-state index >= 15 is 0 Å². The van der Waals surface area contributed by atoms with Crippen LogP contribution in [0.3, 0.4) is 0 Å². The van der Waals surface area contributed by atoms with Crippen LogP contribution < -0.4 is 5.73 Å². The summed E-state index contributed by atoms with van der Waals surface area (Å²) in [5, 5.41) is 0. The standard InChI is InChI=1S/C15H24N2/c1-13-7-9-17(10-8-13)15(12-16)11-14-5-3-2-4-6-14/h2-6,13,15H,7-12,16H2,1H3. The van der Waals surface area contributed by atoms with Gasteiger partial charge in [-0.25, -0.2) is 0 Å². The second-order valence-corrected chi connectivity index (χ2v) is 5.30. The summed E-state index contributed by atoms with van der Waals surface area (Å²) in [4.78, 5) is 2.58. The number of hydrogen-bond donors (Lipinski definition) is 1. The maximum atomic E-state index is 5.94. The largest absolute Gasteiger partial charge is 0.329 e. The van der Waals surface area contributed by atoms with Gasteiger partial charge in [0.1, 0.15) is 0 Å². The maximum Gasteiger partial charge on any atom is 0.0258 e. The molecule has 1 atom stereocenters. The Bertz CT molecular complexity index is 315. The van der Waals surface area contributed by atoms with E-state index in [2.05, 4.69) is 42.2 Å². The molecule has 0 radical (unpaired) electrons. The zero-order chi connectivity index (χ0) is 12.1. The number of nitrogens with zero attached hydrogens (tertiary/aromatic N) is 1. The highest BCUT2D eigenvalue weighted by Crippen LogP contribution is 2.19. The van der Waals surface area contributed by atoms with Crippen LogP contribution in [0, 0.1) is 5.92 Å². The highest BCUT2D eigenvalue weighted by atomic mass is 15.2. The predicted octanol–water partition coefficient (Wildman–Crippen LogP) is 2.29. The van der Waals surface area contributed by atoms with Gasteiger partial charge in [-0.2, -0.15) is 0 Å². The van der Waals surface area contributed by atoms with E-state index in [4.69, 9.17) is 5.73 Å². The minimum atomic E-state index is 0.518. The Balaban J connectivity index is 1.92. The van der Waals surface area contributed by atoms with Gasteiger partial charge >= 0.3 is 0 Å². The SMILES string of the molecule is CC1CCN(C(CN)Cc2ccccc2)CC1. The van der Waals surface area contributed by atoms with Crippen molar-refractivity contribution in [3.63, 3.8) is 0 Å². The van der Waals surface area contributed by atoms with Crippen LogP contribution in [-0.4, -0.2) is 30.6 Å². The molecule has 0 aliphatic carbocycles. The first-order valence-electron chi connectivity index (χ1n) is 6.77. The molecule has 2 heteroatoms. The normalized spacial score (nSPS) is 20.4. The lowest BCUT2D eigenvalue weighted by atomic mass is 9.96. The van der Waals surface area contributed by atoms with Crippen LogP contribution >= 0.6 is 0 Å². The lowest BCUT2D eigenvalue weighted by molar-refractivity contribution is 0.140. The number of likely N-dealkylation sites (tertiary alicyclic amines) is 1. The van der Waals surface area contributed by atoms with E-state index in [0.717, 1.165) is 18.9 Å². The summed E-state index contributed by atoms with van der Waals surface area (Å²) in [5.74, 6) is 0.890. The van der Waals surface area contributed by atoms with Crippen molar-refractivity contribution in [1.82, 2.24) is 4.90 Å². The number of nitrogens with two attached hydrogens (primary N) is 1. The number of piperidine rings is 1. The van der Waals surface area contributed by atoms with E-state index in [0.29, 0.717) is 6.04 Å². The smallest absolute Gasteiger partial charge is 0.0258 e. The molecule has 2 nitrogen and oxygen atoms in total. The maximum absolute atomic E-state index is 5.94. The average Bonchev–Trinajstić information content (AvgIpc) is 2.38. The third-order valence-electron chi connectivity index (χ3n) is 3.92. The van der Waals surface area contributed by atoms with Crippen LogP contribution in [0.5, 0.6) is 0 Å². The third kappa shape index (κ3) is 3.55. The van der Waals surface area contributed by atoms with Gasteiger partial charge in [-0.1, -0.05) is 37.3 Å². The van der Waals surface area contributed by atoms with Crippen molar-refractivity contribution in [2.24, 2.45) is 11.7 Å². The molecule has 2 N–H and O–H groups in total. The first-order valence-corrected chi connectivity index (χ1v) is 6.77. The van der Waals surface area contributed by atoms with Gasteiger partial charge in [0.2, 0.25) is 0 Å². The van der Waals surface area contributed by atoms with Crippen LogP contribution in [0.2, 0.25) is 0 Å². The lowest BCUT2D eigenvalue weighted by Gasteiger charge is -2.36.